The van der Waals surface area contributed by atoms with E-state index in [-0.39, 0.29) is 5.56 Å². The van der Waals surface area contributed by atoms with E-state index in [1.54, 1.807) is 24.3 Å². The van der Waals surface area contributed by atoms with Gasteiger partial charge in [0.2, 0.25) is 0 Å². The van der Waals surface area contributed by atoms with E-state index in [1.165, 1.54) is 18.2 Å². The predicted octanol–water partition coefficient (Wildman–Crippen LogP) is 4.10. The van der Waals surface area contributed by atoms with Gasteiger partial charge in [0.15, 0.2) is 0 Å². The van der Waals surface area contributed by atoms with Gasteiger partial charge in [-0.3, -0.25) is 20.4 Å². The average molecular weight is 381 g/mol. The number of halogens is 2. The number of ether oxygens (including phenoxy) is 1. The van der Waals surface area contributed by atoms with Crippen LogP contribution >= 0.6 is 23.2 Å². The lowest BCUT2D eigenvalue weighted by Crippen LogP contribution is -2.41. The van der Waals surface area contributed by atoms with Crippen molar-refractivity contribution in [2.75, 3.05) is 6.61 Å². The van der Waals surface area contributed by atoms with Crippen LogP contribution in [0, 0.1) is 5.92 Å². The zero-order valence-electron chi connectivity index (χ0n) is 13.8. The maximum atomic E-state index is 12.1. The van der Waals surface area contributed by atoms with E-state index in [4.69, 9.17) is 27.9 Å². The summed E-state index contributed by atoms with van der Waals surface area (Å²) in [4.78, 5) is 24.1. The number of hydrazine groups is 1. The van der Waals surface area contributed by atoms with Gasteiger partial charge in [0.05, 0.1) is 6.61 Å². The minimum atomic E-state index is -0.519. The Labute approximate surface area is 156 Å². The molecule has 0 radical (unpaired) electrons. The summed E-state index contributed by atoms with van der Waals surface area (Å²) in [6.45, 7) is 4.71. The highest BCUT2D eigenvalue weighted by molar-refractivity contribution is 6.35. The maximum Gasteiger partial charge on any atom is 0.269 e. The van der Waals surface area contributed by atoms with E-state index in [0.29, 0.717) is 33.9 Å². The Hall–Kier alpha value is -2.24. The smallest absolute Gasteiger partial charge is 0.269 e. The minimum absolute atomic E-state index is 0.246. The van der Waals surface area contributed by atoms with Gasteiger partial charge in [0.25, 0.3) is 11.8 Å². The maximum absolute atomic E-state index is 12.1. The van der Waals surface area contributed by atoms with Gasteiger partial charge in [-0.1, -0.05) is 37.0 Å². The van der Waals surface area contributed by atoms with Gasteiger partial charge in [0.1, 0.15) is 5.75 Å². The van der Waals surface area contributed by atoms with E-state index < -0.39 is 11.8 Å². The van der Waals surface area contributed by atoms with Crippen LogP contribution in [0.5, 0.6) is 5.75 Å². The highest BCUT2D eigenvalue weighted by Crippen LogP contribution is 2.19. The van der Waals surface area contributed by atoms with E-state index in [0.717, 1.165) is 0 Å². The van der Waals surface area contributed by atoms with Crippen LogP contribution in [-0.2, 0) is 0 Å². The van der Waals surface area contributed by atoms with Gasteiger partial charge in [0, 0.05) is 21.2 Å². The number of hydrogen-bond donors (Lipinski definition) is 2. The molecule has 0 aliphatic rings. The highest BCUT2D eigenvalue weighted by Gasteiger charge is 2.11. The summed E-state index contributed by atoms with van der Waals surface area (Å²) in [5.41, 5.74) is 5.30. The summed E-state index contributed by atoms with van der Waals surface area (Å²) < 4.78 is 5.55. The molecule has 0 bridgehead atoms. The molecule has 5 nitrogen and oxygen atoms in total. The Bertz CT molecular complexity index is 741. The minimum Gasteiger partial charge on any atom is -0.493 e. The number of carbonyl (C=O) groups excluding carboxylic acids is 2. The van der Waals surface area contributed by atoms with Crippen molar-refractivity contribution in [1.82, 2.24) is 10.9 Å². The Morgan fingerprint density at radius 3 is 1.96 bits per heavy atom. The lowest BCUT2D eigenvalue weighted by atomic mass is 10.2. The molecule has 0 heterocycles. The van der Waals surface area contributed by atoms with Crippen LogP contribution in [-0.4, -0.2) is 18.4 Å². The standard InChI is InChI=1S/C18H18Cl2N2O3/c1-11(2)10-25-16-5-3-12(4-6-16)17(23)21-22-18(24)13-7-14(19)9-15(20)8-13/h3-9,11H,10H2,1-2H3,(H,21,23)(H,22,24). The molecule has 0 aliphatic heterocycles. The third kappa shape index (κ3) is 5.96. The molecule has 0 saturated heterocycles. The third-order valence-electron chi connectivity index (χ3n) is 3.11. The number of amides is 2. The summed E-state index contributed by atoms with van der Waals surface area (Å²) in [5.74, 6) is 0.132. The average Bonchev–Trinajstić information content (AvgIpc) is 2.57. The zero-order chi connectivity index (χ0) is 18.4. The molecule has 2 aromatic carbocycles. The molecule has 2 aromatic rings. The number of hydrogen-bond acceptors (Lipinski definition) is 3. The lowest BCUT2D eigenvalue weighted by Gasteiger charge is -2.10. The molecule has 7 heteroatoms. The normalized spacial score (nSPS) is 10.4. The van der Waals surface area contributed by atoms with E-state index in [2.05, 4.69) is 24.7 Å². The van der Waals surface area contributed by atoms with Crippen molar-refractivity contribution in [2.45, 2.75) is 13.8 Å². The molecule has 0 spiro atoms. The Kier molecular flexibility index (Phi) is 6.67. The number of benzene rings is 2. The van der Waals surface area contributed by atoms with E-state index in [9.17, 15) is 9.59 Å². The highest BCUT2D eigenvalue weighted by atomic mass is 35.5. The van der Waals surface area contributed by atoms with Crippen LogP contribution in [0.2, 0.25) is 10.0 Å². The van der Waals surface area contributed by atoms with Crippen molar-refractivity contribution in [3.63, 3.8) is 0 Å². The van der Waals surface area contributed by atoms with Crippen LogP contribution in [0.25, 0.3) is 0 Å². The molecule has 0 fully saturated rings. The largest absolute Gasteiger partial charge is 0.493 e. The molecular weight excluding hydrogens is 363 g/mol. The first kappa shape index (κ1) is 19.1. The third-order valence-corrected chi connectivity index (χ3v) is 3.55. The van der Waals surface area contributed by atoms with Gasteiger partial charge in [-0.05, 0) is 48.4 Å². The zero-order valence-corrected chi connectivity index (χ0v) is 15.3. The molecule has 2 rings (SSSR count). The molecule has 0 saturated carbocycles. The number of nitrogens with one attached hydrogen (secondary N) is 2. The van der Waals surface area contributed by atoms with Crippen LogP contribution in [0.3, 0.4) is 0 Å². The molecule has 2 N–H and O–H groups in total. The molecular formula is C18H18Cl2N2O3. The number of carbonyl (C=O) groups is 2. The SMILES string of the molecule is CC(C)COc1ccc(C(=O)NNC(=O)c2cc(Cl)cc(Cl)c2)cc1. The predicted molar refractivity (Wildman–Crippen MR) is 98.2 cm³/mol. The fourth-order valence-corrected chi connectivity index (χ4v) is 2.43. The summed E-state index contributed by atoms with van der Waals surface area (Å²) in [6.07, 6.45) is 0. The van der Waals surface area contributed by atoms with Crippen molar-refractivity contribution >= 4 is 35.0 Å². The molecule has 0 aliphatic carbocycles. The molecule has 2 amide bonds. The fraction of sp³-hybridized carbons (Fsp3) is 0.222. The van der Waals surface area contributed by atoms with Crippen LogP contribution < -0.4 is 15.6 Å². The second-order valence-electron chi connectivity index (χ2n) is 5.80. The summed E-state index contributed by atoms with van der Waals surface area (Å²) in [5, 5.41) is 0.668. The van der Waals surface area contributed by atoms with Crippen molar-refractivity contribution < 1.29 is 14.3 Å². The van der Waals surface area contributed by atoms with E-state index in [1.807, 2.05) is 0 Å². The van der Waals surface area contributed by atoms with Gasteiger partial charge in [-0.15, -0.1) is 0 Å². The topological polar surface area (TPSA) is 67.4 Å². The Morgan fingerprint density at radius 2 is 1.44 bits per heavy atom. The second-order valence-corrected chi connectivity index (χ2v) is 6.67. The van der Waals surface area contributed by atoms with Gasteiger partial charge in [-0.2, -0.15) is 0 Å². The summed E-state index contributed by atoms with van der Waals surface area (Å²) in [7, 11) is 0. The second kappa shape index (κ2) is 8.74. The van der Waals surface area contributed by atoms with Crippen LogP contribution in [0.4, 0.5) is 0 Å². The van der Waals surface area contributed by atoms with Crippen molar-refractivity contribution in [1.29, 1.82) is 0 Å². The first-order valence-electron chi connectivity index (χ1n) is 7.65. The van der Waals surface area contributed by atoms with Gasteiger partial charge in [-0.25, -0.2) is 0 Å². The molecule has 132 valence electrons. The van der Waals surface area contributed by atoms with Crippen LogP contribution in [0.15, 0.2) is 42.5 Å². The fourth-order valence-electron chi connectivity index (χ4n) is 1.91. The quantitative estimate of drug-likeness (QED) is 0.767. The Morgan fingerprint density at radius 1 is 0.920 bits per heavy atom. The van der Waals surface area contributed by atoms with Crippen molar-refractivity contribution in [2.24, 2.45) is 5.92 Å². The molecule has 25 heavy (non-hydrogen) atoms. The van der Waals surface area contributed by atoms with Gasteiger partial charge < -0.3 is 4.74 Å². The molecule has 0 atom stereocenters. The first-order valence-corrected chi connectivity index (χ1v) is 8.40. The van der Waals surface area contributed by atoms with Crippen LogP contribution in [0.1, 0.15) is 34.6 Å². The number of rotatable bonds is 5. The summed E-state index contributed by atoms with van der Waals surface area (Å²) in [6, 6.07) is 11.1. The van der Waals surface area contributed by atoms with Gasteiger partial charge >= 0.3 is 0 Å². The molecule has 0 unspecified atom stereocenters. The summed E-state index contributed by atoms with van der Waals surface area (Å²) >= 11 is 11.7. The monoisotopic (exact) mass is 380 g/mol. The van der Waals surface area contributed by atoms with E-state index >= 15 is 0 Å². The first-order chi connectivity index (χ1) is 11.8. The lowest BCUT2D eigenvalue weighted by molar-refractivity contribution is 0.0846. The van der Waals surface area contributed by atoms with Crippen molar-refractivity contribution in [3.05, 3.63) is 63.6 Å². The molecule has 0 aromatic heterocycles. The van der Waals surface area contributed by atoms with Crippen molar-refractivity contribution in [3.8, 4) is 5.75 Å². The Balaban J connectivity index is 1.92.